The lowest BCUT2D eigenvalue weighted by molar-refractivity contribution is -0.153. The second-order valence-electron chi connectivity index (χ2n) is 6.56. The Morgan fingerprint density at radius 1 is 1.10 bits per heavy atom. The topological polar surface area (TPSA) is 193 Å². The van der Waals surface area contributed by atoms with Crippen molar-refractivity contribution < 1.29 is 37.5 Å². The Labute approximate surface area is 176 Å². The molecular formula is C17H19N5O8S. The number of rotatable bonds is 10. The summed E-state index contributed by atoms with van der Waals surface area (Å²) in [6.07, 6.45) is 4.79. The van der Waals surface area contributed by atoms with Gasteiger partial charge in [-0.3, -0.25) is 24.1 Å². The fourth-order valence-corrected chi connectivity index (χ4v) is 3.02. The van der Waals surface area contributed by atoms with Crippen molar-refractivity contribution in [2.75, 3.05) is 19.3 Å². The Kier molecular flexibility index (Phi) is 7.30. The standard InChI is InChI=1S/C17H19N5O8S/c1-9(23)11(21-15(26)10-5-19-17(20-6-10)31(2,29)30)7-18-8-12(16(27)28)22-13(24)3-4-14(22)25/h3-6,11-12,18H,7-8H2,1-2H3,(H,21,26)(H,27,28)/t11-,12-/m0/s1. The summed E-state index contributed by atoms with van der Waals surface area (Å²) in [5.41, 5.74) is -0.0959. The zero-order chi connectivity index (χ0) is 23.3. The predicted molar refractivity (Wildman–Crippen MR) is 102 cm³/mol. The van der Waals surface area contributed by atoms with Crippen LogP contribution in [0.15, 0.2) is 29.7 Å². The lowest BCUT2D eigenvalue weighted by atomic mass is 10.1. The maximum Gasteiger partial charge on any atom is 0.328 e. The fourth-order valence-electron chi connectivity index (χ4n) is 2.54. The maximum absolute atomic E-state index is 12.3. The first kappa shape index (κ1) is 23.8. The van der Waals surface area contributed by atoms with Crippen LogP contribution in [-0.4, -0.2) is 89.3 Å². The van der Waals surface area contributed by atoms with Crippen LogP contribution in [0, 0.1) is 0 Å². The first-order valence-electron chi connectivity index (χ1n) is 8.74. The van der Waals surface area contributed by atoms with E-state index in [1.165, 1.54) is 6.92 Å². The Balaban J connectivity index is 2.00. The van der Waals surface area contributed by atoms with E-state index in [1.54, 1.807) is 0 Å². The molecule has 1 aliphatic rings. The average molecular weight is 453 g/mol. The van der Waals surface area contributed by atoms with Gasteiger partial charge < -0.3 is 15.7 Å². The van der Waals surface area contributed by atoms with Gasteiger partial charge in [-0.1, -0.05) is 0 Å². The van der Waals surface area contributed by atoms with Crippen LogP contribution in [0.2, 0.25) is 0 Å². The van der Waals surface area contributed by atoms with Gasteiger partial charge in [0.1, 0.15) is 6.04 Å². The average Bonchev–Trinajstić information content (AvgIpc) is 3.01. The van der Waals surface area contributed by atoms with E-state index < -0.39 is 56.6 Å². The van der Waals surface area contributed by atoms with Crippen LogP contribution in [-0.2, 0) is 29.0 Å². The highest BCUT2D eigenvalue weighted by molar-refractivity contribution is 7.90. The molecule has 0 fully saturated rings. The minimum Gasteiger partial charge on any atom is -0.480 e. The Bertz CT molecular complexity index is 1030. The van der Waals surface area contributed by atoms with E-state index in [9.17, 15) is 37.5 Å². The molecule has 0 radical (unpaired) electrons. The summed E-state index contributed by atoms with van der Waals surface area (Å²) in [5.74, 6) is -4.19. The molecule has 1 aromatic rings. The Morgan fingerprint density at radius 2 is 1.65 bits per heavy atom. The van der Waals surface area contributed by atoms with Gasteiger partial charge in [0.05, 0.1) is 11.6 Å². The van der Waals surface area contributed by atoms with Crippen molar-refractivity contribution in [1.29, 1.82) is 0 Å². The number of sulfone groups is 1. The predicted octanol–water partition coefficient (Wildman–Crippen LogP) is -2.46. The quantitative estimate of drug-likeness (QED) is 0.251. The summed E-state index contributed by atoms with van der Waals surface area (Å²) in [6, 6.07) is -2.59. The third-order valence-electron chi connectivity index (χ3n) is 4.14. The zero-order valence-corrected chi connectivity index (χ0v) is 17.2. The van der Waals surface area contributed by atoms with E-state index in [0.717, 1.165) is 30.8 Å². The van der Waals surface area contributed by atoms with E-state index >= 15 is 0 Å². The van der Waals surface area contributed by atoms with Gasteiger partial charge in [-0.05, 0) is 6.92 Å². The van der Waals surface area contributed by atoms with E-state index in [4.69, 9.17) is 0 Å². The number of hydrogen-bond acceptors (Lipinski definition) is 10. The zero-order valence-electron chi connectivity index (χ0n) is 16.4. The number of aromatic nitrogens is 2. The molecule has 1 aliphatic heterocycles. The molecular weight excluding hydrogens is 434 g/mol. The number of carboxylic acid groups (broad SMARTS) is 1. The van der Waals surface area contributed by atoms with Gasteiger partial charge in [0, 0.05) is 43.9 Å². The highest BCUT2D eigenvalue weighted by Gasteiger charge is 2.35. The molecule has 0 bridgehead atoms. The molecule has 0 unspecified atom stereocenters. The van der Waals surface area contributed by atoms with Gasteiger partial charge in [-0.2, -0.15) is 0 Å². The van der Waals surface area contributed by atoms with Gasteiger partial charge in [0.25, 0.3) is 17.7 Å². The molecule has 0 aliphatic carbocycles. The number of amides is 3. The van der Waals surface area contributed by atoms with Crippen LogP contribution >= 0.6 is 0 Å². The van der Waals surface area contributed by atoms with Gasteiger partial charge in [-0.25, -0.2) is 23.2 Å². The molecule has 0 saturated carbocycles. The molecule has 31 heavy (non-hydrogen) atoms. The SMILES string of the molecule is CC(=O)[C@H](CNC[C@@H](C(=O)O)N1C(=O)C=CC1=O)NC(=O)c1cnc(S(C)(=O)=O)nc1. The second-order valence-corrected chi connectivity index (χ2v) is 8.46. The molecule has 13 nitrogen and oxygen atoms in total. The van der Waals surface area contributed by atoms with Gasteiger partial charge in [0.2, 0.25) is 15.0 Å². The summed E-state index contributed by atoms with van der Waals surface area (Å²) in [7, 11) is -3.65. The number of carboxylic acids is 1. The third kappa shape index (κ3) is 5.99. The number of Topliss-reactive ketones (excluding diaryl/α,β-unsaturated/α-hetero) is 1. The summed E-state index contributed by atoms with van der Waals surface area (Å²) in [6.45, 7) is 0.638. The van der Waals surface area contributed by atoms with Crippen molar-refractivity contribution in [2.45, 2.75) is 24.2 Å². The van der Waals surface area contributed by atoms with E-state index in [-0.39, 0.29) is 18.7 Å². The normalized spacial score (nSPS) is 15.6. The number of carbonyl (C=O) groups excluding carboxylic acids is 4. The maximum atomic E-state index is 12.3. The molecule has 166 valence electrons. The van der Waals surface area contributed by atoms with E-state index in [0.29, 0.717) is 4.90 Å². The first-order chi connectivity index (χ1) is 14.4. The lowest BCUT2D eigenvalue weighted by Gasteiger charge is -2.24. The molecule has 0 saturated heterocycles. The van der Waals surface area contributed by atoms with Crippen molar-refractivity contribution in [2.24, 2.45) is 0 Å². The van der Waals surface area contributed by atoms with Gasteiger partial charge >= 0.3 is 5.97 Å². The molecule has 3 N–H and O–H groups in total. The van der Waals surface area contributed by atoms with Crippen LogP contribution in [0.1, 0.15) is 17.3 Å². The molecule has 2 atom stereocenters. The molecule has 0 spiro atoms. The van der Waals surface area contributed by atoms with Gasteiger partial charge in [0.15, 0.2) is 5.78 Å². The van der Waals surface area contributed by atoms with Crippen molar-refractivity contribution in [3.63, 3.8) is 0 Å². The number of nitrogens with zero attached hydrogens (tertiary/aromatic N) is 3. The fraction of sp³-hybridized carbons (Fsp3) is 0.353. The Hall–Kier alpha value is -3.52. The molecule has 0 aromatic carbocycles. The minimum atomic E-state index is -3.65. The third-order valence-corrected chi connectivity index (χ3v) is 5.02. The number of imide groups is 1. The minimum absolute atomic E-state index is 0.0959. The lowest BCUT2D eigenvalue weighted by Crippen LogP contribution is -2.53. The van der Waals surface area contributed by atoms with Crippen molar-refractivity contribution >= 4 is 39.3 Å². The highest BCUT2D eigenvalue weighted by atomic mass is 32.2. The smallest absolute Gasteiger partial charge is 0.328 e. The Morgan fingerprint density at radius 3 is 2.10 bits per heavy atom. The molecule has 2 heterocycles. The molecule has 1 aromatic heterocycles. The highest BCUT2D eigenvalue weighted by Crippen LogP contribution is 2.09. The molecule has 14 heteroatoms. The van der Waals surface area contributed by atoms with Gasteiger partial charge in [-0.15, -0.1) is 0 Å². The number of ketones is 1. The summed E-state index contributed by atoms with van der Waals surface area (Å²) in [5, 5.41) is 13.9. The van der Waals surface area contributed by atoms with E-state index in [1.807, 2.05) is 0 Å². The van der Waals surface area contributed by atoms with E-state index in [2.05, 4.69) is 20.6 Å². The molecule has 2 rings (SSSR count). The van der Waals surface area contributed by atoms with Crippen LogP contribution in [0.3, 0.4) is 0 Å². The first-order valence-corrected chi connectivity index (χ1v) is 10.6. The van der Waals surface area contributed by atoms with Crippen LogP contribution in [0.4, 0.5) is 0 Å². The van der Waals surface area contributed by atoms with Crippen LogP contribution in [0.25, 0.3) is 0 Å². The number of nitrogens with one attached hydrogen (secondary N) is 2. The summed E-state index contributed by atoms with van der Waals surface area (Å²) in [4.78, 5) is 66.7. The monoisotopic (exact) mass is 453 g/mol. The summed E-state index contributed by atoms with van der Waals surface area (Å²) >= 11 is 0. The summed E-state index contributed by atoms with van der Waals surface area (Å²) < 4.78 is 22.7. The van der Waals surface area contributed by atoms with Crippen LogP contribution in [0.5, 0.6) is 0 Å². The van der Waals surface area contributed by atoms with Crippen molar-refractivity contribution in [3.8, 4) is 0 Å². The van der Waals surface area contributed by atoms with Crippen molar-refractivity contribution in [1.82, 2.24) is 25.5 Å². The number of aliphatic carboxylic acids is 1. The second kappa shape index (κ2) is 9.53. The number of hydrogen-bond donors (Lipinski definition) is 3. The van der Waals surface area contributed by atoms with Crippen LogP contribution < -0.4 is 10.6 Å². The number of carbonyl (C=O) groups is 5. The largest absolute Gasteiger partial charge is 0.480 e. The molecule has 3 amide bonds. The van der Waals surface area contributed by atoms with Crippen molar-refractivity contribution in [3.05, 3.63) is 30.1 Å².